The number of anilines is 1. The Hall–Kier alpha value is -1.88. The molecule has 3 rings (SSSR count). The normalized spacial score (nSPS) is 21.7. The summed E-state index contributed by atoms with van der Waals surface area (Å²) in [7, 11) is 1.94. The van der Waals surface area contributed by atoms with Gasteiger partial charge in [0.25, 0.3) is 5.91 Å². The summed E-state index contributed by atoms with van der Waals surface area (Å²) in [6.07, 6.45) is 3.37. The molecule has 0 bridgehead atoms. The summed E-state index contributed by atoms with van der Waals surface area (Å²) in [6.45, 7) is 1.59. The Balaban J connectivity index is 1.77. The number of carbonyl (C=O) groups is 2. The second-order valence-corrected chi connectivity index (χ2v) is 5.80. The first-order valence-corrected chi connectivity index (χ1v) is 7.56. The van der Waals surface area contributed by atoms with Gasteiger partial charge in [-0.15, -0.1) is 0 Å². The lowest BCUT2D eigenvalue weighted by Crippen LogP contribution is -2.47. The number of likely N-dealkylation sites (tertiary alicyclic amines) is 1. The Morgan fingerprint density at radius 2 is 2.24 bits per heavy atom. The Bertz CT molecular complexity index is 571. The van der Waals surface area contributed by atoms with Gasteiger partial charge in [-0.05, 0) is 50.1 Å². The molecule has 1 aromatic rings. The molecule has 2 amide bonds. The van der Waals surface area contributed by atoms with E-state index in [1.165, 1.54) is 0 Å². The molecule has 2 aliphatic heterocycles. The van der Waals surface area contributed by atoms with Crippen LogP contribution >= 0.6 is 0 Å². The first-order valence-electron chi connectivity index (χ1n) is 7.56. The van der Waals surface area contributed by atoms with Crippen molar-refractivity contribution in [1.29, 1.82) is 0 Å². The van der Waals surface area contributed by atoms with Crippen molar-refractivity contribution >= 4 is 17.5 Å². The predicted molar refractivity (Wildman–Crippen MR) is 81.4 cm³/mol. The van der Waals surface area contributed by atoms with Crippen LogP contribution in [0.1, 0.15) is 35.2 Å². The molecule has 2 heterocycles. The van der Waals surface area contributed by atoms with E-state index in [2.05, 4.69) is 10.6 Å². The minimum Gasteiger partial charge on any atom is -0.337 e. The topological polar surface area (TPSA) is 61.4 Å². The lowest BCUT2D eigenvalue weighted by atomic mass is 9.99. The van der Waals surface area contributed by atoms with Gasteiger partial charge in [-0.2, -0.15) is 0 Å². The van der Waals surface area contributed by atoms with Crippen LogP contribution in [0.4, 0.5) is 5.69 Å². The maximum absolute atomic E-state index is 12.6. The molecular formula is C16H21N3O2. The lowest BCUT2D eigenvalue weighted by molar-refractivity contribution is -0.116. The molecule has 2 aliphatic rings. The monoisotopic (exact) mass is 287 g/mol. The number of hydrogen-bond donors (Lipinski definition) is 2. The fourth-order valence-corrected chi connectivity index (χ4v) is 3.10. The van der Waals surface area contributed by atoms with Crippen LogP contribution < -0.4 is 10.6 Å². The molecule has 5 nitrogen and oxygen atoms in total. The van der Waals surface area contributed by atoms with E-state index in [1.807, 2.05) is 30.1 Å². The number of likely N-dealkylation sites (N-methyl/N-ethyl adjacent to an activating group) is 1. The van der Waals surface area contributed by atoms with Crippen molar-refractivity contribution in [3.05, 3.63) is 29.3 Å². The van der Waals surface area contributed by atoms with Crippen molar-refractivity contribution < 1.29 is 9.59 Å². The number of amides is 2. The second-order valence-electron chi connectivity index (χ2n) is 5.80. The highest BCUT2D eigenvalue weighted by molar-refractivity contribution is 5.98. The van der Waals surface area contributed by atoms with Crippen molar-refractivity contribution in [2.24, 2.45) is 0 Å². The molecule has 0 saturated carbocycles. The molecule has 1 atom stereocenters. The third-order valence-electron chi connectivity index (χ3n) is 4.36. The first kappa shape index (κ1) is 14.1. The number of rotatable bonds is 2. The van der Waals surface area contributed by atoms with E-state index in [0.717, 1.165) is 42.7 Å². The summed E-state index contributed by atoms with van der Waals surface area (Å²) in [4.78, 5) is 25.9. The summed E-state index contributed by atoms with van der Waals surface area (Å²) in [6, 6.07) is 5.98. The molecule has 0 aliphatic carbocycles. The summed E-state index contributed by atoms with van der Waals surface area (Å²) in [5, 5.41) is 6.10. The number of piperidine rings is 1. The number of benzene rings is 1. The highest BCUT2D eigenvalue weighted by Gasteiger charge is 2.24. The van der Waals surface area contributed by atoms with Gasteiger partial charge in [0.05, 0.1) is 0 Å². The van der Waals surface area contributed by atoms with E-state index in [1.54, 1.807) is 0 Å². The molecule has 0 spiro atoms. The highest BCUT2D eigenvalue weighted by atomic mass is 16.2. The van der Waals surface area contributed by atoms with Gasteiger partial charge in [0.15, 0.2) is 0 Å². The number of hydrogen-bond acceptors (Lipinski definition) is 3. The molecule has 1 unspecified atom stereocenters. The van der Waals surface area contributed by atoms with E-state index in [9.17, 15) is 9.59 Å². The fourth-order valence-electron chi connectivity index (χ4n) is 3.10. The molecular weight excluding hydrogens is 266 g/mol. The molecule has 112 valence electrons. The average molecular weight is 287 g/mol. The molecule has 1 fully saturated rings. The van der Waals surface area contributed by atoms with E-state index in [0.29, 0.717) is 18.9 Å². The summed E-state index contributed by atoms with van der Waals surface area (Å²) < 4.78 is 0. The standard InChI is InChI=1S/C16H21N3O2/c1-17-13-3-2-8-19(10-13)16(21)12-4-6-14-11(9-12)5-7-15(20)18-14/h4,6,9,13,17H,2-3,5,7-8,10H2,1H3,(H,18,20). The van der Waals surface area contributed by atoms with Gasteiger partial charge >= 0.3 is 0 Å². The van der Waals surface area contributed by atoms with Crippen molar-refractivity contribution in [2.75, 3.05) is 25.5 Å². The van der Waals surface area contributed by atoms with E-state index >= 15 is 0 Å². The Kier molecular flexibility index (Phi) is 3.92. The maximum atomic E-state index is 12.6. The van der Waals surface area contributed by atoms with Crippen LogP contribution in [-0.4, -0.2) is 42.9 Å². The van der Waals surface area contributed by atoms with Gasteiger partial charge in [-0.25, -0.2) is 0 Å². The molecule has 2 N–H and O–H groups in total. The van der Waals surface area contributed by atoms with Gasteiger partial charge < -0.3 is 15.5 Å². The zero-order valence-electron chi connectivity index (χ0n) is 12.3. The first-order chi connectivity index (χ1) is 10.2. The van der Waals surface area contributed by atoms with Crippen molar-refractivity contribution in [3.8, 4) is 0 Å². The highest BCUT2D eigenvalue weighted by Crippen LogP contribution is 2.24. The predicted octanol–water partition coefficient (Wildman–Crippen LogP) is 1.40. The van der Waals surface area contributed by atoms with Gasteiger partial charge in [-0.3, -0.25) is 9.59 Å². The molecule has 0 aromatic heterocycles. The smallest absolute Gasteiger partial charge is 0.253 e. The van der Waals surface area contributed by atoms with Crippen molar-refractivity contribution in [1.82, 2.24) is 10.2 Å². The Morgan fingerprint density at radius 1 is 1.38 bits per heavy atom. The summed E-state index contributed by atoms with van der Waals surface area (Å²) in [5.74, 6) is 0.143. The Labute approximate surface area is 124 Å². The lowest BCUT2D eigenvalue weighted by Gasteiger charge is -2.32. The minimum absolute atomic E-state index is 0.0504. The molecule has 1 saturated heterocycles. The van der Waals surface area contributed by atoms with Gasteiger partial charge in [0.2, 0.25) is 5.91 Å². The van der Waals surface area contributed by atoms with Crippen LogP contribution in [-0.2, 0) is 11.2 Å². The van der Waals surface area contributed by atoms with Crippen LogP contribution in [0.3, 0.4) is 0 Å². The SMILES string of the molecule is CNC1CCCN(C(=O)c2ccc3c(c2)CCC(=O)N3)C1. The zero-order valence-corrected chi connectivity index (χ0v) is 12.3. The quantitative estimate of drug-likeness (QED) is 0.864. The largest absolute Gasteiger partial charge is 0.337 e. The second kappa shape index (κ2) is 5.85. The van der Waals surface area contributed by atoms with Crippen LogP contribution in [0, 0.1) is 0 Å². The fraction of sp³-hybridized carbons (Fsp3) is 0.500. The average Bonchev–Trinajstić information content (AvgIpc) is 2.53. The number of fused-ring (bicyclic) bond motifs is 1. The number of aryl methyl sites for hydroxylation is 1. The van der Waals surface area contributed by atoms with Crippen molar-refractivity contribution in [3.63, 3.8) is 0 Å². The molecule has 21 heavy (non-hydrogen) atoms. The number of carbonyl (C=O) groups excluding carboxylic acids is 2. The minimum atomic E-state index is 0.0504. The summed E-state index contributed by atoms with van der Waals surface area (Å²) in [5.41, 5.74) is 2.62. The third kappa shape index (κ3) is 2.93. The van der Waals surface area contributed by atoms with Crippen molar-refractivity contribution in [2.45, 2.75) is 31.7 Å². The van der Waals surface area contributed by atoms with Gasteiger partial charge in [0, 0.05) is 36.8 Å². The number of nitrogens with zero attached hydrogens (tertiary/aromatic N) is 1. The van der Waals surface area contributed by atoms with Gasteiger partial charge in [-0.1, -0.05) is 0 Å². The molecule has 1 aromatic carbocycles. The molecule has 0 radical (unpaired) electrons. The number of nitrogens with one attached hydrogen (secondary N) is 2. The summed E-state index contributed by atoms with van der Waals surface area (Å²) >= 11 is 0. The molecule has 5 heteroatoms. The van der Waals surface area contributed by atoms with Crippen LogP contribution in [0.5, 0.6) is 0 Å². The van der Waals surface area contributed by atoms with E-state index in [-0.39, 0.29) is 11.8 Å². The Morgan fingerprint density at radius 3 is 3.05 bits per heavy atom. The van der Waals surface area contributed by atoms with Crippen LogP contribution in [0.25, 0.3) is 0 Å². The van der Waals surface area contributed by atoms with E-state index in [4.69, 9.17) is 0 Å². The van der Waals surface area contributed by atoms with Gasteiger partial charge in [0.1, 0.15) is 0 Å². The van der Waals surface area contributed by atoms with Crippen LogP contribution in [0.2, 0.25) is 0 Å². The maximum Gasteiger partial charge on any atom is 0.253 e. The van der Waals surface area contributed by atoms with Crippen LogP contribution in [0.15, 0.2) is 18.2 Å². The zero-order chi connectivity index (χ0) is 14.8. The van der Waals surface area contributed by atoms with E-state index < -0.39 is 0 Å². The third-order valence-corrected chi connectivity index (χ3v) is 4.36.